The van der Waals surface area contributed by atoms with E-state index in [1.165, 1.54) is 205 Å². The van der Waals surface area contributed by atoms with Crippen molar-refractivity contribution in [2.75, 3.05) is 26.4 Å². The summed E-state index contributed by atoms with van der Waals surface area (Å²) in [6, 6.07) is 0. The Morgan fingerprint density at radius 3 is 0.711 bits per heavy atom. The third kappa shape index (κ3) is 54.2. The Balaban J connectivity index is 5.33. The summed E-state index contributed by atoms with van der Waals surface area (Å²) in [6.07, 6.45) is 67.9. The summed E-state index contributed by atoms with van der Waals surface area (Å²) in [7, 11) is 0. The van der Waals surface area contributed by atoms with Crippen LogP contribution in [0.2, 0.25) is 0 Å². The van der Waals surface area contributed by atoms with Crippen molar-refractivity contribution in [3.63, 3.8) is 0 Å². The summed E-state index contributed by atoms with van der Waals surface area (Å²) >= 11 is 0. The number of hydrogen-bond donors (Lipinski definition) is 0. The standard InChI is InChI=1S/C68H122O8/c1-5-9-13-17-21-25-29-33-37-41-45-51-57-73-65(69)61-63(67(71)75-59-53-47-43-39-35-31-27-23-19-15-11-7-3)55-49-50-56-64(68(72)76-60-54-48-44-40-36-32-28-24-20-16-12-8-4)62-66(70)74-58-52-46-42-38-34-30-26-22-18-14-10-6-2/h45-48,51-54,63-64H,5-44,49-50,55-62H2,1-4H3/b51-45+,52-46+,53-47+,54-48+. The molecule has 0 fully saturated rings. The predicted octanol–water partition coefficient (Wildman–Crippen LogP) is 20.6. The highest BCUT2D eigenvalue weighted by molar-refractivity contribution is 5.80. The van der Waals surface area contributed by atoms with E-state index < -0.39 is 35.7 Å². The molecule has 0 aliphatic heterocycles. The first-order chi connectivity index (χ1) is 37.4. The highest BCUT2D eigenvalue weighted by atomic mass is 16.5. The van der Waals surface area contributed by atoms with Crippen LogP contribution in [0.3, 0.4) is 0 Å². The molecule has 0 saturated carbocycles. The van der Waals surface area contributed by atoms with Crippen LogP contribution in [0.5, 0.6) is 0 Å². The maximum atomic E-state index is 13.5. The van der Waals surface area contributed by atoms with Crippen molar-refractivity contribution in [1.29, 1.82) is 0 Å². The zero-order valence-electron chi connectivity index (χ0n) is 50.4. The molecule has 0 N–H and O–H groups in total. The number of allylic oxidation sites excluding steroid dienone is 4. The van der Waals surface area contributed by atoms with E-state index in [-0.39, 0.29) is 39.3 Å². The molecule has 442 valence electrons. The molecule has 2 unspecified atom stereocenters. The fourth-order valence-corrected chi connectivity index (χ4v) is 9.72. The van der Waals surface area contributed by atoms with Crippen molar-refractivity contribution in [1.82, 2.24) is 0 Å². The molecular weight excluding hydrogens is 945 g/mol. The molecular formula is C68H122O8. The Kier molecular flexibility index (Phi) is 58.5. The molecule has 0 aromatic carbocycles. The second-order valence-electron chi connectivity index (χ2n) is 22.1. The van der Waals surface area contributed by atoms with E-state index in [0.29, 0.717) is 25.7 Å². The van der Waals surface area contributed by atoms with Gasteiger partial charge >= 0.3 is 23.9 Å². The lowest BCUT2D eigenvalue weighted by Gasteiger charge is -2.17. The van der Waals surface area contributed by atoms with Crippen molar-refractivity contribution in [2.45, 2.75) is 323 Å². The van der Waals surface area contributed by atoms with E-state index >= 15 is 0 Å². The van der Waals surface area contributed by atoms with E-state index in [0.717, 1.165) is 51.4 Å². The average molecular weight is 1070 g/mol. The van der Waals surface area contributed by atoms with Crippen LogP contribution >= 0.6 is 0 Å². The van der Waals surface area contributed by atoms with Crippen molar-refractivity contribution in [3.05, 3.63) is 48.6 Å². The first-order valence-corrected chi connectivity index (χ1v) is 32.6. The van der Waals surface area contributed by atoms with Gasteiger partial charge in [0.15, 0.2) is 0 Å². The lowest BCUT2D eigenvalue weighted by molar-refractivity contribution is -0.154. The van der Waals surface area contributed by atoms with Gasteiger partial charge in [-0.05, 0) is 64.2 Å². The molecule has 0 amide bonds. The number of hydrogen-bond acceptors (Lipinski definition) is 8. The first-order valence-electron chi connectivity index (χ1n) is 32.6. The van der Waals surface area contributed by atoms with Crippen LogP contribution in [0, 0.1) is 11.8 Å². The van der Waals surface area contributed by atoms with E-state index in [1.807, 2.05) is 24.3 Å². The summed E-state index contributed by atoms with van der Waals surface area (Å²) in [5.41, 5.74) is 0. The maximum absolute atomic E-state index is 13.5. The van der Waals surface area contributed by atoms with Crippen LogP contribution in [0.25, 0.3) is 0 Å². The number of ether oxygens (including phenoxy) is 4. The molecule has 0 aliphatic carbocycles. The van der Waals surface area contributed by atoms with Gasteiger partial charge in [0.05, 0.1) is 24.7 Å². The Labute approximate surface area is 470 Å². The van der Waals surface area contributed by atoms with Crippen LogP contribution in [0.4, 0.5) is 0 Å². The third-order valence-corrected chi connectivity index (χ3v) is 14.7. The molecule has 0 radical (unpaired) electrons. The Bertz CT molecular complexity index is 1290. The van der Waals surface area contributed by atoms with Gasteiger partial charge in [0.1, 0.15) is 26.4 Å². The van der Waals surface area contributed by atoms with Crippen molar-refractivity contribution >= 4 is 23.9 Å². The molecule has 0 saturated heterocycles. The van der Waals surface area contributed by atoms with Crippen molar-refractivity contribution in [3.8, 4) is 0 Å². The fourth-order valence-electron chi connectivity index (χ4n) is 9.72. The average Bonchev–Trinajstić information content (AvgIpc) is 3.41. The van der Waals surface area contributed by atoms with Gasteiger partial charge in [0.2, 0.25) is 0 Å². The molecule has 8 nitrogen and oxygen atoms in total. The predicted molar refractivity (Wildman–Crippen MR) is 322 cm³/mol. The monoisotopic (exact) mass is 1070 g/mol. The lowest BCUT2D eigenvalue weighted by Crippen LogP contribution is -2.24. The number of esters is 4. The minimum Gasteiger partial charge on any atom is -0.461 e. The SMILES string of the molecule is CCCCCCCCCCC/C=C/COC(=O)CC(CCCCC(CC(=O)OC/C=C/CCCCCCCCCCC)C(=O)OC/C=C/CCCCCCCCCCC)C(=O)OC/C=C/CCCCCCCCCCC. The van der Waals surface area contributed by atoms with Crippen LogP contribution < -0.4 is 0 Å². The zero-order valence-corrected chi connectivity index (χ0v) is 50.4. The fraction of sp³-hybridized carbons (Fsp3) is 0.824. The second kappa shape index (κ2) is 61.1. The smallest absolute Gasteiger partial charge is 0.309 e. The highest BCUT2D eigenvalue weighted by Crippen LogP contribution is 2.22. The van der Waals surface area contributed by atoms with E-state index in [2.05, 4.69) is 52.0 Å². The summed E-state index contributed by atoms with van der Waals surface area (Å²) < 4.78 is 22.6. The minimum atomic E-state index is -0.669. The van der Waals surface area contributed by atoms with Gasteiger partial charge in [0.25, 0.3) is 0 Å². The van der Waals surface area contributed by atoms with E-state index in [1.54, 1.807) is 0 Å². The van der Waals surface area contributed by atoms with Gasteiger partial charge < -0.3 is 18.9 Å². The Morgan fingerprint density at radius 1 is 0.263 bits per heavy atom. The van der Waals surface area contributed by atoms with Gasteiger partial charge in [-0.3, -0.25) is 19.2 Å². The van der Waals surface area contributed by atoms with Gasteiger partial charge in [-0.1, -0.05) is 295 Å². The molecule has 8 heteroatoms. The zero-order chi connectivity index (χ0) is 55.3. The summed E-state index contributed by atoms with van der Waals surface area (Å²) in [4.78, 5) is 53.2. The highest BCUT2D eigenvalue weighted by Gasteiger charge is 2.26. The molecule has 0 heterocycles. The summed E-state index contributed by atoms with van der Waals surface area (Å²) in [5, 5.41) is 0. The van der Waals surface area contributed by atoms with Gasteiger partial charge in [-0.25, -0.2) is 0 Å². The van der Waals surface area contributed by atoms with Gasteiger partial charge in [-0.2, -0.15) is 0 Å². The molecule has 0 rings (SSSR count). The molecule has 76 heavy (non-hydrogen) atoms. The number of carbonyl (C=O) groups excluding carboxylic acids is 4. The number of unbranched alkanes of at least 4 members (excludes halogenated alkanes) is 37. The molecule has 0 aromatic rings. The molecule has 0 aromatic heterocycles. The summed E-state index contributed by atoms with van der Waals surface area (Å²) in [6.45, 7) is 9.72. The quantitative estimate of drug-likeness (QED) is 0.0257. The largest absolute Gasteiger partial charge is 0.461 e. The van der Waals surface area contributed by atoms with Crippen LogP contribution in [0.1, 0.15) is 323 Å². The van der Waals surface area contributed by atoms with E-state index in [9.17, 15) is 19.2 Å². The number of carbonyl (C=O) groups is 4. The molecule has 2 atom stereocenters. The maximum Gasteiger partial charge on any atom is 0.309 e. The normalized spacial score (nSPS) is 12.6. The number of rotatable bonds is 59. The first kappa shape index (κ1) is 72.8. The molecule has 0 bridgehead atoms. The second-order valence-corrected chi connectivity index (χ2v) is 22.1. The lowest BCUT2D eigenvalue weighted by atomic mass is 9.93. The third-order valence-electron chi connectivity index (χ3n) is 14.7. The van der Waals surface area contributed by atoms with Crippen molar-refractivity contribution < 1.29 is 38.1 Å². The van der Waals surface area contributed by atoms with Crippen LogP contribution in [-0.2, 0) is 38.1 Å². The Morgan fingerprint density at radius 2 is 0.474 bits per heavy atom. The summed E-state index contributed by atoms with van der Waals surface area (Å²) in [5.74, 6) is -3.01. The Hall–Kier alpha value is -3.16. The van der Waals surface area contributed by atoms with Crippen molar-refractivity contribution in [2.24, 2.45) is 11.8 Å². The molecule has 0 spiro atoms. The topological polar surface area (TPSA) is 105 Å². The van der Waals surface area contributed by atoms with Crippen LogP contribution in [-0.4, -0.2) is 50.3 Å². The van der Waals surface area contributed by atoms with E-state index in [4.69, 9.17) is 18.9 Å². The van der Waals surface area contributed by atoms with Crippen LogP contribution in [0.15, 0.2) is 48.6 Å². The molecule has 0 aliphatic rings. The minimum absolute atomic E-state index is 0.0666. The van der Waals surface area contributed by atoms with Gasteiger partial charge in [-0.15, -0.1) is 0 Å². The van der Waals surface area contributed by atoms with Gasteiger partial charge in [0, 0.05) is 0 Å².